The molecule has 6 nitrogen and oxygen atoms in total. The SMILES string of the molecule is CCc1nc(C)c(C(N)=O)nc1-c1ccc([C@H]2CC[C@H](CC(=O)OC(C)(C)C)CC2)cc1. The fourth-order valence-electron chi connectivity index (χ4n) is 4.51. The van der Waals surface area contributed by atoms with Crippen LogP contribution in [-0.4, -0.2) is 27.4 Å². The van der Waals surface area contributed by atoms with E-state index in [0.29, 0.717) is 24.0 Å². The number of nitrogens with two attached hydrogens (primary N) is 1. The molecule has 0 saturated heterocycles. The van der Waals surface area contributed by atoms with Gasteiger partial charge in [0.1, 0.15) is 11.3 Å². The van der Waals surface area contributed by atoms with Crippen molar-refractivity contribution in [1.82, 2.24) is 9.97 Å². The van der Waals surface area contributed by atoms with E-state index in [2.05, 4.69) is 34.2 Å². The summed E-state index contributed by atoms with van der Waals surface area (Å²) in [5.41, 5.74) is 9.68. The number of hydrogen-bond donors (Lipinski definition) is 1. The molecule has 0 spiro atoms. The van der Waals surface area contributed by atoms with Crippen LogP contribution in [-0.2, 0) is 16.0 Å². The van der Waals surface area contributed by atoms with E-state index in [4.69, 9.17) is 10.5 Å². The first-order chi connectivity index (χ1) is 15.1. The van der Waals surface area contributed by atoms with E-state index < -0.39 is 11.5 Å². The number of esters is 1. The summed E-state index contributed by atoms with van der Waals surface area (Å²) in [6.45, 7) is 9.52. The molecule has 0 radical (unpaired) electrons. The van der Waals surface area contributed by atoms with Gasteiger partial charge in [-0.05, 0) is 77.2 Å². The maximum absolute atomic E-state index is 12.1. The number of ether oxygens (including phenoxy) is 1. The standard InChI is InChI=1S/C26H35N3O3/c1-6-21-24(29-23(25(27)31)16(2)28-21)20-13-11-19(12-14-20)18-9-7-17(8-10-18)15-22(30)32-26(3,4)5/h11-14,17-18H,6-10,15H2,1-5H3,(H2,27,31)/t17-,18-. The van der Waals surface area contributed by atoms with Gasteiger partial charge in [0.2, 0.25) is 0 Å². The van der Waals surface area contributed by atoms with Crippen molar-refractivity contribution < 1.29 is 14.3 Å². The molecule has 32 heavy (non-hydrogen) atoms. The van der Waals surface area contributed by atoms with Crippen LogP contribution in [0.4, 0.5) is 0 Å². The van der Waals surface area contributed by atoms with Crippen molar-refractivity contribution in [2.24, 2.45) is 11.7 Å². The zero-order valence-electron chi connectivity index (χ0n) is 19.9. The highest BCUT2D eigenvalue weighted by molar-refractivity contribution is 5.92. The summed E-state index contributed by atoms with van der Waals surface area (Å²) in [4.78, 5) is 32.9. The van der Waals surface area contributed by atoms with Crippen LogP contribution in [0, 0.1) is 12.8 Å². The van der Waals surface area contributed by atoms with Gasteiger partial charge in [0.15, 0.2) is 0 Å². The second-order valence-corrected chi connectivity index (χ2v) is 9.80. The maximum atomic E-state index is 12.1. The Morgan fingerprint density at radius 2 is 1.69 bits per heavy atom. The summed E-state index contributed by atoms with van der Waals surface area (Å²) >= 11 is 0. The third-order valence-electron chi connectivity index (χ3n) is 6.09. The fourth-order valence-corrected chi connectivity index (χ4v) is 4.51. The second-order valence-electron chi connectivity index (χ2n) is 9.80. The van der Waals surface area contributed by atoms with E-state index in [9.17, 15) is 9.59 Å². The molecule has 1 saturated carbocycles. The summed E-state index contributed by atoms with van der Waals surface area (Å²) in [5.74, 6) is 0.252. The number of benzene rings is 1. The van der Waals surface area contributed by atoms with Crippen molar-refractivity contribution >= 4 is 11.9 Å². The number of nitrogens with zero attached hydrogens (tertiary/aromatic N) is 2. The Bertz CT molecular complexity index is 969. The minimum absolute atomic E-state index is 0.0911. The van der Waals surface area contributed by atoms with Gasteiger partial charge < -0.3 is 10.5 Å². The summed E-state index contributed by atoms with van der Waals surface area (Å²) in [6, 6.07) is 8.43. The highest BCUT2D eigenvalue weighted by atomic mass is 16.6. The average molecular weight is 438 g/mol. The predicted octanol–water partition coefficient (Wildman–Crippen LogP) is 5.12. The Morgan fingerprint density at radius 1 is 1.06 bits per heavy atom. The maximum Gasteiger partial charge on any atom is 0.306 e. The van der Waals surface area contributed by atoms with Crippen LogP contribution < -0.4 is 5.73 Å². The van der Waals surface area contributed by atoms with Gasteiger partial charge in [-0.25, -0.2) is 4.98 Å². The molecule has 1 aromatic heterocycles. The van der Waals surface area contributed by atoms with Gasteiger partial charge in [0.25, 0.3) is 5.91 Å². The van der Waals surface area contributed by atoms with Gasteiger partial charge in [-0.15, -0.1) is 0 Å². The highest BCUT2D eigenvalue weighted by Crippen LogP contribution is 2.38. The molecule has 3 rings (SSSR count). The molecule has 1 aliphatic rings. The molecular weight excluding hydrogens is 402 g/mol. The normalized spacial score (nSPS) is 18.9. The van der Waals surface area contributed by atoms with Crippen LogP contribution in [0.5, 0.6) is 0 Å². The monoisotopic (exact) mass is 437 g/mol. The lowest BCUT2D eigenvalue weighted by Crippen LogP contribution is -2.26. The minimum atomic E-state index is -0.557. The van der Waals surface area contributed by atoms with Gasteiger partial charge in [-0.2, -0.15) is 0 Å². The number of aromatic nitrogens is 2. The highest BCUT2D eigenvalue weighted by Gasteiger charge is 2.26. The molecule has 1 aromatic carbocycles. The molecule has 6 heteroatoms. The Kier molecular flexibility index (Phi) is 7.32. The largest absolute Gasteiger partial charge is 0.460 e. The zero-order valence-corrected chi connectivity index (χ0v) is 19.9. The van der Waals surface area contributed by atoms with Crippen molar-refractivity contribution in [2.45, 2.75) is 84.7 Å². The van der Waals surface area contributed by atoms with Crippen molar-refractivity contribution in [2.75, 3.05) is 0 Å². The number of primary amides is 1. The van der Waals surface area contributed by atoms with Gasteiger partial charge in [0.05, 0.1) is 17.1 Å². The lowest BCUT2D eigenvalue weighted by atomic mass is 9.77. The molecule has 0 bridgehead atoms. The lowest BCUT2D eigenvalue weighted by molar-refractivity contribution is -0.156. The van der Waals surface area contributed by atoms with Crippen LogP contribution in [0.3, 0.4) is 0 Å². The van der Waals surface area contributed by atoms with Gasteiger partial charge >= 0.3 is 5.97 Å². The summed E-state index contributed by atoms with van der Waals surface area (Å²) < 4.78 is 5.48. The number of carbonyl (C=O) groups is 2. The van der Waals surface area contributed by atoms with E-state index in [1.165, 1.54) is 5.56 Å². The number of aryl methyl sites for hydroxylation is 2. The lowest BCUT2D eigenvalue weighted by Gasteiger charge is -2.29. The Hall–Kier alpha value is -2.76. The third kappa shape index (κ3) is 5.93. The zero-order chi connectivity index (χ0) is 23.5. The predicted molar refractivity (Wildman–Crippen MR) is 125 cm³/mol. The van der Waals surface area contributed by atoms with E-state index in [1.54, 1.807) is 6.92 Å². The van der Waals surface area contributed by atoms with E-state index >= 15 is 0 Å². The third-order valence-corrected chi connectivity index (χ3v) is 6.09. The van der Waals surface area contributed by atoms with Crippen LogP contribution in [0.25, 0.3) is 11.3 Å². The van der Waals surface area contributed by atoms with Gasteiger partial charge in [0, 0.05) is 12.0 Å². The number of hydrogen-bond acceptors (Lipinski definition) is 5. The van der Waals surface area contributed by atoms with E-state index in [1.807, 2.05) is 27.7 Å². The first-order valence-electron chi connectivity index (χ1n) is 11.6. The van der Waals surface area contributed by atoms with Crippen LogP contribution in [0.2, 0.25) is 0 Å². The quantitative estimate of drug-likeness (QED) is 0.633. The molecule has 1 amide bonds. The summed E-state index contributed by atoms with van der Waals surface area (Å²) in [5, 5.41) is 0. The minimum Gasteiger partial charge on any atom is -0.460 e. The van der Waals surface area contributed by atoms with Crippen LogP contribution >= 0.6 is 0 Å². The first kappa shape index (κ1) is 23.9. The Balaban J connectivity index is 1.67. The molecule has 0 aliphatic heterocycles. The van der Waals surface area contributed by atoms with Crippen molar-refractivity contribution in [3.05, 3.63) is 46.9 Å². The molecule has 2 aromatic rings. The van der Waals surface area contributed by atoms with E-state index in [-0.39, 0.29) is 11.7 Å². The average Bonchev–Trinajstić information content (AvgIpc) is 2.72. The molecule has 0 unspecified atom stereocenters. The number of carbonyl (C=O) groups excluding carboxylic acids is 2. The second kappa shape index (κ2) is 9.80. The number of rotatable bonds is 6. The van der Waals surface area contributed by atoms with Gasteiger partial charge in [-0.1, -0.05) is 31.2 Å². The molecule has 1 fully saturated rings. The van der Waals surface area contributed by atoms with E-state index in [0.717, 1.165) is 49.1 Å². The first-order valence-corrected chi connectivity index (χ1v) is 11.6. The molecular formula is C26H35N3O3. The molecule has 172 valence electrons. The van der Waals surface area contributed by atoms with Crippen molar-refractivity contribution in [1.29, 1.82) is 0 Å². The van der Waals surface area contributed by atoms with Crippen LogP contribution in [0.1, 0.15) is 93.2 Å². The molecule has 0 atom stereocenters. The van der Waals surface area contributed by atoms with Gasteiger partial charge in [-0.3, -0.25) is 14.6 Å². The molecule has 2 N–H and O–H groups in total. The smallest absolute Gasteiger partial charge is 0.306 e. The van der Waals surface area contributed by atoms with Crippen molar-refractivity contribution in [3.8, 4) is 11.3 Å². The molecule has 1 heterocycles. The topological polar surface area (TPSA) is 95.2 Å². The summed E-state index contributed by atoms with van der Waals surface area (Å²) in [6.07, 6.45) is 5.46. The van der Waals surface area contributed by atoms with Crippen LogP contribution in [0.15, 0.2) is 24.3 Å². The number of amides is 1. The molecule has 1 aliphatic carbocycles. The van der Waals surface area contributed by atoms with Crippen molar-refractivity contribution in [3.63, 3.8) is 0 Å². The Morgan fingerprint density at radius 3 is 2.22 bits per heavy atom. The fraction of sp³-hybridized carbons (Fsp3) is 0.538. The Labute approximate surface area is 191 Å². The summed E-state index contributed by atoms with van der Waals surface area (Å²) in [7, 11) is 0.